The summed E-state index contributed by atoms with van der Waals surface area (Å²) in [6, 6.07) is -0.280. The van der Waals surface area contributed by atoms with Crippen LogP contribution in [0.3, 0.4) is 0 Å². The number of hydrogen-bond donors (Lipinski definition) is 2. The van der Waals surface area contributed by atoms with Gasteiger partial charge in [0.25, 0.3) is 0 Å². The first-order valence-corrected chi connectivity index (χ1v) is 16.3. The van der Waals surface area contributed by atoms with E-state index in [4.69, 9.17) is 23.7 Å². The highest BCUT2D eigenvalue weighted by molar-refractivity contribution is 6.00. The van der Waals surface area contributed by atoms with Crippen molar-refractivity contribution in [1.82, 2.24) is 4.90 Å². The number of cyclic esters (lactones) is 1. The van der Waals surface area contributed by atoms with Gasteiger partial charge in [0, 0.05) is 24.7 Å². The highest BCUT2D eigenvalue weighted by Gasteiger charge is 2.52. The molecule has 2 aliphatic heterocycles. The van der Waals surface area contributed by atoms with E-state index in [-0.39, 0.29) is 37.4 Å². The molecule has 0 aromatic heterocycles. The normalized spacial score (nSPS) is 41.9. The van der Waals surface area contributed by atoms with Gasteiger partial charge in [-0.2, -0.15) is 0 Å². The number of ether oxygens (including phenoxy) is 5. The van der Waals surface area contributed by atoms with Crippen LogP contribution < -0.4 is 0 Å². The molecule has 12 nitrogen and oxygen atoms in total. The van der Waals surface area contributed by atoms with Gasteiger partial charge in [0.05, 0.1) is 36.6 Å². The summed E-state index contributed by atoms with van der Waals surface area (Å²) < 4.78 is 30.6. The summed E-state index contributed by atoms with van der Waals surface area (Å²) in [5, 5.41) is 22.6. The average Bonchev–Trinajstić information content (AvgIpc) is 2.98. The first-order chi connectivity index (χ1) is 21.2. The molecule has 0 bridgehead atoms. The number of ketones is 2. The van der Waals surface area contributed by atoms with E-state index in [1.807, 2.05) is 25.9 Å². The van der Waals surface area contributed by atoms with Crippen LogP contribution in [0, 0.1) is 23.7 Å². The van der Waals surface area contributed by atoms with Gasteiger partial charge in [-0.15, -0.1) is 6.58 Å². The molecule has 264 valence electrons. The topological polar surface area (TPSA) is 158 Å². The Bertz CT molecular complexity index is 1090. The van der Waals surface area contributed by atoms with Crippen molar-refractivity contribution in [3.05, 3.63) is 12.7 Å². The lowest BCUT2D eigenvalue weighted by molar-refractivity contribution is -0.299. The van der Waals surface area contributed by atoms with Crippen molar-refractivity contribution in [3.8, 4) is 0 Å². The fourth-order valence-corrected chi connectivity index (χ4v) is 6.93. The van der Waals surface area contributed by atoms with E-state index in [0.29, 0.717) is 6.42 Å². The van der Waals surface area contributed by atoms with Gasteiger partial charge in [-0.05, 0) is 61.1 Å². The number of Topliss-reactive ketones (excluding diaryl/α,β-unsaturated/α-hetero) is 2. The second-order valence-electron chi connectivity index (χ2n) is 13.8. The molecular weight excluding hydrogens is 598 g/mol. The quantitative estimate of drug-likeness (QED) is 0.224. The van der Waals surface area contributed by atoms with Crippen molar-refractivity contribution in [2.24, 2.45) is 23.7 Å². The van der Waals surface area contributed by atoms with Crippen molar-refractivity contribution in [2.75, 3.05) is 20.7 Å². The van der Waals surface area contributed by atoms with Crippen LogP contribution in [0.2, 0.25) is 0 Å². The van der Waals surface area contributed by atoms with Gasteiger partial charge < -0.3 is 38.8 Å². The summed E-state index contributed by atoms with van der Waals surface area (Å²) >= 11 is 0. The molecule has 0 aliphatic carbocycles. The zero-order chi connectivity index (χ0) is 35.3. The van der Waals surface area contributed by atoms with Gasteiger partial charge in [-0.1, -0.05) is 33.8 Å². The molecule has 2 fully saturated rings. The predicted octanol–water partition coefficient (Wildman–Crippen LogP) is 2.85. The molecule has 0 unspecified atom stereocenters. The van der Waals surface area contributed by atoms with Crippen molar-refractivity contribution < 1.29 is 53.1 Å². The zero-order valence-corrected chi connectivity index (χ0v) is 29.5. The SMILES string of the molecule is C=CCO[C@]1(C)C[C@@H](C)C(=O)[C@H](C)[C@@H](O)[C@](C)(O)[C@@H](CC)OC(=O)[C@H](C)C(=O)[C@H](C)[C@H]1O[C@@H]1O[C@H](C)C[C@H](N(C)C)[C@H]1OC(C)=O. The van der Waals surface area contributed by atoms with E-state index < -0.39 is 83.3 Å². The summed E-state index contributed by atoms with van der Waals surface area (Å²) in [4.78, 5) is 55.5. The van der Waals surface area contributed by atoms with Crippen LogP contribution in [0.5, 0.6) is 0 Å². The van der Waals surface area contributed by atoms with Crippen LogP contribution in [-0.4, -0.2) is 113 Å². The lowest BCUT2D eigenvalue weighted by Crippen LogP contribution is -2.60. The molecule has 0 amide bonds. The van der Waals surface area contributed by atoms with E-state index >= 15 is 0 Å². The van der Waals surface area contributed by atoms with E-state index in [2.05, 4.69) is 6.58 Å². The molecule has 0 spiro atoms. The van der Waals surface area contributed by atoms with Crippen LogP contribution in [0.1, 0.15) is 81.6 Å². The van der Waals surface area contributed by atoms with E-state index in [1.54, 1.807) is 27.7 Å². The summed E-state index contributed by atoms with van der Waals surface area (Å²) in [5.41, 5.74) is -3.33. The molecule has 2 heterocycles. The molecule has 12 heteroatoms. The number of hydrogen-bond acceptors (Lipinski definition) is 12. The van der Waals surface area contributed by atoms with Gasteiger partial charge in [0.15, 0.2) is 18.2 Å². The molecule has 0 radical (unpaired) electrons. The van der Waals surface area contributed by atoms with E-state index in [9.17, 15) is 29.4 Å². The first kappa shape index (κ1) is 40.0. The Labute approximate surface area is 274 Å². The van der Waals surface area contributed by atoms with Gasteiger partial charge >= 0.3 is 11.9 Å². The molecule has 2 N–H and O–H groups in total. The number of rotatable bonds is 8. The Morgan fingerprint density at radius 1 is 1.09 bits per heavy atom. The highest BCUT2D eigenvalue weighted by atomic mass is 16.7. The molecule has 2 saturated heterocycles. The van der Waals surface area contributed by atoms with Crippen molar-refractivity contribution >= 4 is 23.5 Å². The van der Waals surface area contributed by atoms with Crippen LogP contribution in [-0.2, 0) is 42.9 Å². The Morgan fingerprint density at radius 3 is 2.22 bits per heavy atom. The zero-order valence-electron chi connectivity index (χ0n) is 29.5. The number of aliphatic hydroxyl groups is 2. The number of esters is 2. The molecule has 0 aromatic carbocycles. The van der Waals surface area contributed by atoms with Gasteiger partial charge in [0.1, 0.15) is 23.4 Å². The molecule has 13 atom stereocenters. The number of nitrogens with zero attached hydrogens (tertiary/aromatic N) is 1. The number of carbonyl (C=O) groups excluding carboxylic acids is 4. The number of aliphatic hydroxyl groups excluding tert-OH is 1. The largest absolute Gasteiger partial charge is 0.459 e. The minimum absolute atomic E-state index is 0.0365. The molecule has 0 aromatic rings. The summed E-state index contributed by atoms with van der Waals surface area (Å²) in [6.45, 7) is 17.9. The molecule has 46 heavy (non-hydrogen) atoms. The predicted molar refractivity (Wildman–Crippen MR) is 169 cm³/mol. The van der Waals surface area contributed by atoms with E-state index in [0.717, 1.165) is 0 Å². The maximum atomic E-state index is 14.1. The first-order valence-electron chi connectivity index (χ1n) is 16.3. The average molecular weight is 656 g/mol. The Hall–Kier alpha value is -2.22. The van der Waals surface area contributed by atoms with Crippen molar-refractivity contribution in [1.29, 1.82) is 0 Å². The van der Waals surface area contributed by atoms with Crippen LogP contribution in [0.25, 0.3) is 0 Å². The Balaban J connectivity index is 2.75. The van der Waals surface area contributed by atoms with Crippen molar-refractivity contribution in [3.63, 3.8) is 0 Å². The summed E-state index contributed by atoms with van der Waals surface area (Å²) in [7, 11) is 3.72. The standard InChI is InChI=1S/C34H57NO11/c1-13-15-42-33(9)17-18(3)26(37)20(5)29(39)34(10,41)25(14-2)45-31(40)22(7)27(38)21(6)30(33)46-32-28(44-23(8)36)24(35(11)12)16-19(4)43-32/h13,18-22,24-25,28-30,32,39,41H,1,14-17H2,2-12H3/t18-,19-,20+,21+,22-,24+,25-,28-,29-,30-,32+,33-,34-/m1/s1. The minimum atomic E-state index is -1.98. The fourth-order valence-electron chi connectivity index (χ4n) is 6.93. The Morgan fingerprint density at radius 2 is 1.70 bits per heavy atom. The number of likely N-dealkylation sites (N-methyl/N-ethyl adjacent to an activating group) is 1. The van der Waals surface area contributed by atoms with Gasteiger partial charge in [-0.3, -0.25) is 19.2 Å². The van der Waals surface area contributed by atoms with E-state index in [1.165, 1.54) is 33.8 Å². The maximum absolute atomic E-state index is 14.1. The maximum Gasteiger partial charge on any atom is 0.316 e. The molecular formula is C34H57NO11. The Kier molecular flexibility index (Phi) is 14.1. The van der Waals surface area contributed by atoms with Gasteiger partial charge in [-0.25, -0.2) is 0 Å². The van der Waals surface area contributed by atoms with Crippen LogP contribution in [0.15, 0.2) is 12.7 Å². The fraction of sp³-hybridized carbons (Fsp3) is 0.824. The second-order valence-corrected chi connectivity index (χ2v) is 13.8. The van der Waals surface area contributed by atoms with Gasteiger partial charge in [0.2, 0.25) is 0 Å². The third kappa shape index (κ3) is 9.02. The van der Waals surface area contributed by atoms with Crippen LogP contribution in [0.4, 0.5) is 0 Å². The third-order valence-corrected chi connectivity index (χ3v) is 9.65. The second kappa shape index (κ2) is 16.3. The smallest absolute Gasteiger partial charge is 0.316 e. The lowest BCUT2D eigenvalue weighted by atomic mass is 9.74. The summed E-state index contributed by atoms with van der Waals surface area (Å²) in [6.07, 6.45) is -3.93. The molecule has 2 rings (SSSR count). The lowest BCUT2D eigenvalue weighted by Gasteiger charge is -2.48. The number of carbonyl (C=O) groups is 4. The van der Waals surface area contributed by atoms with Crippen molar-refractivity contribution in [2.45, 2.75) is 136 Å². The van der Waals surface area contributed by atoms with Crippen LogP contribution >= 0.6 is 0 Å². The third-order valence-electron chi connectivity index (χ3n) is 9.65. The highest BCUT2D eigenvalue weighted by Crippen LogP contribution is 2.39. The molecule has 0 saturated carbocycles. The summed E-state index contributed by atoms with van der Waals surface area (Å²) in [5.74, 6) is -6.39. The monoisotopic (exact) mass is 655 g/mol. The molecule has 2 aliphatic rings. The minimum Gasteiger partial charge on any atom is -0.459 e.